The molecule has 0 heterocycles. The lowest BCUT2D eigenvalue weighted by Crippen LogP contribution is -1.99. The van der Waals surface area contributed by atoms with Gasteiger partial charge in [0.15, 0.2) is 0 Å². The van der Waals surface area contributed by atoms with E-state index in [2.05, 4.69) is 16.6 Å². The van der Waals surface area contributed by atoms with Gasteiger partial charge in [0.1, 0.15) is 0 Å². The second-order valence-corrected chi connectivity index (χ2v) is 2.80. The lowest BCUT2D eigenvalue weighted by Gasteiger charge is -1.94. The van der Waals surface area contributed by atoms with Crippen LogP contribution in [-0.2, 0) is 9.63 Å². The molecule has 0 atom stereocenters. The third kappa shape index (κ3) is 3.23. The summed E-state index contributed by atoms with van der Waals surface area (Å²) < 4.78 is 0. The van der Waals surface area contributed by atoms with Gasteiger partial charge >= 0.3 is 5.97 Å². The summed E-state index contributed by atoms with van der Waals surface area (Å²) in [7, 11) is 0. The largest absolute Gasteiger partial charge is 0.360 e. The Morgan fingerprint density at radius 3 is 2.64 bits per heavy atom. The molecule has 0 N–H and O–H groups in total. The van der Waals surface area contributed by atoms with E-state index in [1.54, 1.807) is 6.92 Å². The minimum absolute atomic E-state index is 0.329. The van der Waals surface area contributed by atoms with Crippen molar-refractivity contribution in [3.8, 4) is 0 Å². The van der Waals surface area contributed by atoms with Crippen molar-refractivity contribution < 1.29 is 9.63 Å². The van der Waals surface area contributed by atoms with Gasteiger partial charge in [-0.15, -0.1) is 0 Å². The molecule has 0 saturated heterocycles. The van der Waals surface area contributed by atoms with Gasteiger partial charge < -0.3 is 4.84 Å². The molecule has 3 nitrogen and oxygen atoms in total. The van der Waals surface area contributed by atoms with Crippen LogP contribution in [0.5, 0.6) is 0 Å². The SMILES string of the molecule is C=C(C)C(=O)O/N=C/c1ccccc1. The van der Waals surface area contributed by atoms with E-state index in [1.165, 1.54) is 6.21 Å². The smallest absolute Gasteiger partial charge is 0.313 e. The fourth-order valence-corrected chi connectivity index (χ4v) is 0.752. The minimum Gasteiger partial charge on any atom is -0.313 e. The molecule has 3 heteroatoms. The summed E-state index contributed by atoms with van der Waals surface area (Å²) >= 11 is 0. The Balaban J connectivity index is 2.50. The highest BCUT2D eigenvalue weighted by Crippen LogP contribution is 1.96. The topological polar surface area (TPSA) is 38.7 Å². The summed E-state index contributed by atoms with van der Waals surface area (Å²) in [5.41, 5.74) is 1.21. The van der Waals surface area contributed by atoms with Crippen LogP contribution < -0.4 is 0 Å². The molecule has 1 aromatic carbocycles. The van der Waals surface area contributed by atoms with Gasteiger partial charge in [-0.3, -0.25) is 0 Å². The maximum Gasteiger partial charge on any atom is 0.360 e. The second-order valence-electron chi connectivity index (χ2n) is 2.80. The Bertz CT molecular complexity index is 355. The molecule has 0 unspecified atom stereocenters. The van der Waals surface area contributed by atoms with Crippen molar-refractivity contribution in [1.82, 2.24) is 0 Å². The third-order valence-corrected chi connectivity index (χ3v) is 1.49. The zero-order valence-electron chi connectivity index (χ0n) is 7.93. The highest BCUT2D eigenvalue weighted by molar-refractivity contribution is 5.87. The average molecular weight is 189 g/mol. The number of hydrogen-bond acceptors (Lipinski definition) is 3. The number of hydrogen-bond donors (Lipinski definition) is 0. The van der Waals surface area contributed by atoms with E-state index in [4.69, 9.17) is 0 Å². The monoisotopic (exact) mass is 189 g/mol. The number of rotatable bonds is 3. The van der Waals surface area contributed by atoms with Crippen LogP contribution in [0.3, 0.4) is 0 Å². The minimum atomic E-state index is -0.516. The quantitative estimate of drug-likeness (QED) is 0.316. The van der Waals surface area contributed by atoms with Gasteiger partial charge in [-0.2, -0.15) is 0 Å². The van der Waals surface area contributed by atoms with Gasteiger partial charge in [0.05, 0.1) is 6.21 Å². The molecule has 1 rings (SSSR count). The molecule has 0 aliphatic carbocycles. The maximum atomic E-state index is 10.9. The molecule has 0 aliphatic heterocycles. The molecule has 0 bridgehead atoms. The van der Waals surface area contributed by atoms with Crippen LogP contribution in [0.25, 0.3) is 0 Å². The number of carbonyl (C=O) groups excluding carboxylic acids is 1. The zero-order valence-corrected chi connectivity index (χ0v) is 7.93. The standard InChI is InChI=1S/C11H11NO2/c1-9(2)11(13)14-12-8-10-6-4-3-5-7-10/h3-8H,1H2,2H3/b12-8+. The van der Waals surface area contributed by atoms with Crippen LogP contribution in [0.1, 0.15) is 12.5 Å². The molecular formula is C11H11NO2. The van der Waals surface area contributed by atoms with Crippen molar-refractivity contribution in [1.29, 1.82) is 0 Å². The van der Waals surface area contributed by atoms with E-state index in [1.807, 2.05) is 30.3 Å². The first kappa shape index (κ1) is 10.2. The van der Waals surface area contributed by atoms with Gasteiger partial charge in [0.2, 0.25) is 0 Å². The van der Waals surface area contributed by atoms with Gasteiger partial charge in [-0.25, -0.2) is 4.79 Å². The van der Waals surface area contributed by atoms with Crippen molar-refractivity contribution >= 4 is 12.2 Å². The Morgan fingerprint density at radius 2 is 2.07 bits per heavy atom. The Labute approximate surface area is 82.7 Å². The van der Waals surface area contributed by atoms with Crippen molar-refractivity contribution in [3.63, 3.8) is 0 Å². The molecular weight excluding hydrogens is 178 g/mol. The fraction of sp³-hybridized carbons (Fsp3) is 0.0909. The zero-order chi connectivity index (χ0) is 10.4. The first-order chi connectivity index (χ1) is 6.70. The van der Waals surface area contributed by atoms with Crippen molar-refractivity contribution in [3.05, 3.63) is 48.0 Å². The predicted molar refractivity (Wildman–Crippen MR) is 54.9 cm³/mol. The molecule has 0 amide bonds. The lowest BCUT2D eigenvalue weighted by molar-refractivity contribution is -0.138. The van der Waals surface area contributed by atoms with Crippen LogP contribution in [0.2, 0.25) is 0 Å². The number of benzene rings is 1. The summed E-state index contributed by atoms with van der Waals surface area (Å²) in [6.07, 6.45) is 1.47. The summed E-state index contributed by atoms with van der Waals surface area (Å²) in [4.78, 5) is 15.4. The molecule has 0 aliphatic rings. The van der Waals surface area contributed by atoms with Crippen LogP contribution in [-0.4, -0.2) is 12.2 Å². The molecule has 0 saturated carbocycles. The van der Waals surface area contributed by atoms with Gasteiger partial charge in [0, 0.05) is 5.57 Å². The highest BCUT2D eigenvalue weighted by Gasteiger charge is 2.00. The number of nitrogens with zero attached hydrogens (tertiary/aromatic N) is 1. The van der Waals surface area contributed by atoms with Gasteiger partial charge in [-0.05, 0) is 12.5 Å². The summed E-state index contributed by atoms with van der Waals surface area (Å²) in [6, 6.07) is 9.37. The van der Waals surface area contributed by atoms with E-state index < -0.39 is 5.97 Å². The number of oxime groups is 1. The average Bonchev–Trinajstić information content (AvgIpc) is 2.19. The molecule has 14 heavy (non-hydrogen) atoms. The van der Waals surface area contributed by atoms with Crippen molar-refractivity contribution in [2.24, 2.45) is 5.16 Å². The molecule has 0 fully saturated rings. The molecule has 1 aromatic rings. The highest BCUT2D eigenvalue weighted by atomic mass is 16.7. The van der Waals surface area contributed by atoms with E-state index in [0.717, 1.165) is 5.56 Å². The summed E-state index contributed by atoms with van der Waals surface area (Å²) in [5.74, 6) is -0.516. The van der Waals surface area contributed by atoms with Crippen LogP contribution in [0, 0.1) is 0 Å². The van der Waals surface area contributed by atoms with Crippen LogP contribution in [0.4, 0.5) is 0 Å². The van der Waals surface area contributed by atoms with E-state index in [9.17, 15) is 4.79 Å². The van der Waals surface area contributed by atoms with Crippen LogP contribution >= 0.6 is 0 Å². The van der Waals surface area contributed by atoms with E-state index in [-0.39, 0.29) is 0 Å². The Hall–Kier alpha value is -1.90. The van der Waals surface area contributed by atoms with Crippen LogP contribution in [0.15, 0.2) is 47.6 Å². The molecule has 72 valence electrons. The maximum absolute atomic E-state index is 10.9. The Kier molecular flexibility index (Phi) is 3.61. The fourth-order valence-electron chi connectivity index (χ4n) is 0.752. The summed E-state index contributed by atoms with van der Waals surface area (Å²) in [5, 5.41) is 3.53. The van der Waals surface area contributed by atoms with E-state index >= 15 is 0 Å². The van der Waals surface area contributed by atoms with E-state index in [0.29, 0.717) is 5.57 Å². The van der Waals surface area contributed by atoms with Crippen molar-refractivity contribution in [2.75, 3.05) is 0 Å². The molecule has 0 aromatic heterocycles. The molecule has 0 radical (unpaired) electrons. The Morgan fingerprint density at radius 1 is 1.43 bits per heavy atom. The van der Waals surface area contributed by atoms with Crippen molar-refractivity contribution in [2.45, 2.75) is 6.92 Å². The normalized spacial score (nSPS) is 10.1. The molecule has 0 spiro atoms. The number of carbonyl (C=O) groups is 1. The summed E-state index contributed by atoms with van der Waals surface area (Å²) in [6.45, 7) is 5.00. The first-order valence-electron chi connectivity index (χ1n) is 4.15. The third-order valence-electron chi connectivity index (χ3n) is 1.49. The van der Waals surface area contributed by atoms with Gasteiger partial charge in [-0.1, -0.05) is 42.1 Å². The van der Waals surface area contributed by atoms with Gasteiger partial charge in [0.25, 0.3) is 0 Å². The second kappa shape index (κ2) is 4.97. The first-order valence-corrected chi connectivity index (χ1v) is 4.15. The lowest BCUT2D eigenvalue weighted by atomic mass is 10.2. The predicted octanol–water partition coefficient (Wildman–Crippen LogP) is 2.14.